The normalized spacial score (nSPS) is 14.0. The van der Waals surface area contributed by atoms with Gasteiger partial charge < -0.3 is 9.80 Å². The second-order valence-electron chi connectivity index (χ2n) is 7.52. The number of benzene rings is 2. The minimum Gasteiger partial charge on any atom is -0.339 e. The molecule has 1 saturated heterocycles. The van der Waals surface area contributed by atoms with Gasteiger partial charge in [0, 0.05) is 38.2 Å². The fourth-order valence-corrected chi connectivity index (χ4v) is 4.60. The molecule has 4 rings (SSSR count). The molecule has 1 fully saturated rings. The topological polar surface area (TPSA) is 53.5 Å². The molecule has 0 bridgehead atoms. The number of aryl methyl sites for hydroxylation is 1. The molecule has 0 aliphatic carbocycles. The molecule has 2 heterocycles. The maximum atomic E-state index is 14.0. The molecule has 1 aromatic heterocycles. The summed E-state index contributed by atoms with van der Waals surface area (Å²) in [7, 11) is 0. The maximum absolute atomic E-state index is 14.0. The first-order valence-corrected chi connectivity index (χ1v) is 11.2. The van der Waals surface area contributed by atoms with E-state index in [-0.39, 0.29) is 17.6 Å². The number of nitrogens with zero attached hydrogens (tertiary/aromatic N) is 3. The van der Waals surface area contributed by atoms with E-state index >= 15 is 0 Å². The van der Waals surface area contributed by atoms with Crippen molar-refractivity contribution in [2.75, 3.05) is 26.2 Å². The summed E-state index contributed by atoms with van der Waals surface area (Å²) in [5.41, 5.74) is 1.64. The Hall–Kier alpha value is -3.06. The Morgan fingerprint density at radius 2 is 1.61 bits per heavy atom. The second-order valence-corrected chi connectivity index (χ2v) is 8.55. The molecule has 3 aromatic rings. The van der Waals surface area contributed by atoms with Gasteiger partial charge in [0.25, 0.3) is 5.91 Å². The fourth-order valence-electron chi connectivity index (χ4n) is 3.69. The van der Waals surface area contributed by atoms with Crippen LogP contribution >= 0.6 is 11.3 Å². The lowest BCUT2D eigenvalue weighted by atomic mass is 10.1. The van der Waals surface area contributed by atoms with E-state index in [0.29, 0.717) is 48.0 Å². The molecule has 0 saturated carbocycles. The van der Waals surface area contributed by atoms with Gasteiger partial charge in [0.15, 0.2) is 0 Å². The van der Waals surface area contributed by atoms with Crippen LogP contribution in [0, 0.1) is 5.82 Å². The minimum atomic E-state index is -0.352. The van der Waals surface area contributed by atoms with Crippen molar-refractivity contribution in [2.45, 2.75) is 19.3 Å². The standard InChI is InChI=1S/C24H24FN3O2S/c25-20-11-5-4-10-19(20)23-26-17-21(31-23)24(30)28-15-13-27(14-16-28)22(29)12-6-9-18-7-2-1-3-8-18/h1-5,7-8,10-11,17H,6,9,12-16H2. The zero-order chi connectivity index (χ0) is 21.6. The largest absolute Gasteiger partial charge is 0.339 e. The zero-order valence-electron chi connectivity index (χ0n) is 17.2. The third-order valence-corrected chi connectivity index (χ3v) is 6.46. The summed E-state index contributed by atoms with van der Waals surface area (Å²) in [6.45, 7) is 2.07. The van der Waals surface area contributed by atoms with Crippen LogP contribution in [0.2, 0.25) is 0 Å². The Kier molecular flexibility index (Phi) is 6.72. The summed E-state index contributed by atoms with van der Waals surface area (Å²) in [6, 6.07) is 16.6. The first kappa shape index (κ1) is 21.2. The van der Waals surface area contributed by atoms with E-state index in [0.717, 1.165) is 12.8 Å². The smallest absolute Gasteiger partial charge is 0.265 e. The molecule has 160 valence electrons. The van der Waals surface area contributed by atoms with Crippen LogP contribution in [0.25, 0.3) is 10.6 Å². The summed E-state index contributed by atoms with van der Waals surface area (Å²) in [5, 5.41) is 0.494. The number of halogens is 1. The molecule has 2 amide bonds. The highest BCUT2D eigenvalue weighted by atomic mass is 32.1. The lowest BCUT2D eigenvalue weighted by molar-refractivity contribution is -0.132. The SMILES string of the molecule is O=C(CCCc1ccccc1)N1CCN(C(=O)c2cnc(-c3ccccc3F)s2)CC1. The van der Waals surface area contributed by atoms with Crippen LogP contribution in [-0.4, -0.2) is 52.8 Å². The van der Waals surface area contributed by atoms with Gasteiger partial charge >= 0.3 is 0 Å². The van der Waals surface area contributed by atoms with Gasteiger partial charge in [0.05, 0.1) is 6.20 Å². The van der Waals surface area contributed by atoms with Crippen LogP contribution in [0.15, 0.2) is 60.8 Å². The Labute approximate surface area is 185 Å². The highest BCUT2D eigenvalue weighted by Crippen LogP contribution is 2.28. The van der Waals surface area contributed by atoms with Crippen molar-refractivity contribution in [3.8, 4) is 10.6 Å². The Morgan fingerprint density at radius 1 is 0.935 bits per heavy atom. The van der Waals surface area contributed by atoms with Crippen LogP contribution in [0.4, 0.5) is 4.39 Å². The van der Waals surface area contributed by atoms with Crippen LogP contribution in [0.3, 0.4) is 0 Å². The number of amides is 2. The number of rotatable bonds is 6. The summed E-state index contributed by atoms with van der Waals surface area (Å²) < 4.78 is 14.0. The average molecular weight is 438 g/mol. The van der Waals surface area contributed by atoms with Crippen LogP contribution in [-0.2, 0) is 11.2 Å². The van der Waals surface area contributed by atoms with Crippen molar-refractivity contribution in [2.24, 2.45) is 0 Å². The van der Waals surface area contributed by atoms with Crippen molar-refractivity contribution in [1.29, 1.82) is 0 Å². The quantitative estimate of drug-likeness (QED) is 0.579. The molecule has 31 heavy (non-hydrogen) atoms. The Morgan fingerprint density at radius 3 is 2.35 bits per heavy atom. The van der Waals surface area contributed by atoms with E-state index < -0.39 is 0 Å². The summed E-state index contributed by atoms with van der Waals surface area (Å²) in [6.07, 6.45) is 3.74. The monoisotopic (exact) mass is 437 g/mol. The van der Waals surface area contributed by atoms with E-state index in [4.69, 9.17) is 0 Å². The lowest BCUT2D eigenvalue weighted by Gasteiger charge is -2.34. The highest BCUT2D eigenvalue weighted by Gasteiger charge is 2.26. The lowest BCUT2D eigenvalue weighted by Crippen LogP contribution is -2.50. The van der Waals surface area contributed by atoms with Crippen molar-refractivity contribution in [3.05, 3.63) is 77.1 Å². The molecule has 7 heteroatoms. The maximum Gasteiger partial charge on any atom is 0.265 e. The third kappa shape index (κ3) is 5.17. The number of carbonyl (C=O) groups excluding carboxylic acids is 2. The Bertz CT molecular complexity index is 1050. The zero-order valence-corrected chi connectivity index (χ0v) is 18.0. The first-order valence-electron chi connectivity index (χ1n) is 10.4. The fraction of sp³-hybridized carbons (Fsp3) is 0.292. The van der Waals surface area contributed by atoms with Gasteiger partial charge in [-0.25, -0.2) is 9.37 Å². The molecule has 0 N–H and O–H groups in total. The molecule has 1 aliphatic rings. The predicted molar refractivity (Wildman–Crippen MR) is 119 cm³/mol. The molecular formula is C24H24FN3O2S. The van der Waals surface area contributed by atoms with Crippen molar-refractivity contribution in [1.82, 2.24) is 14.8 Å². The summed E-state index contributed by atoms with van der Waals surface area (Å²) in [5.74, 6) is -0.325. The second kappa shape index (κ2) is 9.83. The first-order chi connectivity index (χ1) is 15.1. The number of aromatic nitrogens is 1. The van der Waals surface area contributed by atoms with Gasteiger partial charge in [-0.2, -0.15) is 0 Å². The van der Waals surface area contributed by atoms with Crippen LogP contribution in [0.5, 0.6) is 0 Å². The van der Waals surface area contributed by atoms with Crippen molar-refractivity contribution < 1.29 is 14.0 Å². The summed E-state index contributed by atoms with van der Waals surface area (Å²) >= 11 is 1.20. The van der Waals surface area contributed by atoms with Crippen LogP contribution < -0.4 is 0 Å². The Balaban J connectivity index is 1.27. The molecule has 0 radical (unpaired) electrons. The van der Waals surface area contributed by atoms with E-state index in [1.807, 2.05) is 23.1 Å². The molecule has 0 atom stereocenters. The van der Waals surface area contributed by atoms with Gasteiger partial charge in [0.1, 0.15) is 15.7 Å². The number of carbonyl (C=O) groups is 2. The van der Waals surface area contributed by atoms with Gasteiger partial charge in [-0.15, -0.1) is 11.3 Å². The van der Waals surface area contributed by atoms with Crippen molar-refractivity contribution >= 4 is 23.2 Å². The molecule has 2 aromatic carbocycles. The molecule has 0 spiro atoms. The molecule has 5 nitrogen and oxygen atoms in total. The molecular weight excluding hydrogens is 413 g/mol. The van der Waals surface area contributed by atoms with E-state index in [2.05, 4.69) is 17.1 Å². The minimum absolute atomic E-state index is 0.115. The number of hydrogen-bond acceptors (Lipinski definition) is 4. The predicted octanol–water partition coefficient (Wildman–Crippen LogP) is 4.26. The van der Waals surface area contributed by atoms with Gasteiger partial charge in [-0.1, -0.05) is 42.5 Å². The van der Waals surface area contributed by atoms with Gasteiger partial charge in [0.2, 0.25) is 5.91 Å². The average Bonchev–Trinajstić information content (AvgIpc) is 3.30. The van der Waals surface area contributed by atoms with Gasteiger partial charge in [-0.05, 0) is 30.5 Å². The number of thiazole rings is 1. The number of hydrogen-bond donors (Lipinski definition) is 0. The van der Waals surface area contributed by atoms with E-state index in [1.165, 1.54) is 29.2 Å². The van der Waals surface area contributed by atoms with E-state index in [1.54, 1.807) is 23.1 Å². The van der Waals surface area contributed by atoms with Gasteiger partial charge in [-0.3, -0.25) is 9.59 Å². The third-order valence-electron chi connectivity index (χ3n) is 5.44. The molecule has 1 aliphatic heterocycles. The van der Waals surface area contributed by atoms with Crippen molar-refractivity contribution in [3.63, 3.8) is 0 Å². The summed E-state index contributed by atoms with van der Waals surface area (Å²) in [4.78, 5) is 33.6. The van der Waals surface area contributed by atoms with E-state index in [9.17, 15) is 14.0 Å². The highest BCUT2D eigenvalue weighted by molar-refractivity contribution is 7.16. The van der Waals surface area contributed by atoms with Crippen LogP contribution in [0.1, 0.15) is 28.1 Å². The number of piperazine rings is 1. The molecule has 0 unspecified atom stereocenters.